The van der Waals surface area contributed by atoms with Crippen molar-refractivity contribution >= 4 is 144 Å². The van der Waals surface area contributed by atoms with Gasteiger partial charge in [0.1, 0.15) is 51.9 Å². The van der Waals surface area contributed by atoms with Crippen LogP contribution in [-0.2, 0) is 28.8 Å². The second kappa shape index (κ2) is 38.6. The predicted octanol–water partition coefficient (Wildman–Crippen LogP) is 9.45. The largest absolute Gasteiger partial charge is 0.507 e. The van der Waals surface area contributed by atoms with Gasteiger partial charge < -0.3 is 25.5 Å². The second-order valence-electron chi connectivity index (χ2n) is 12.3. The Kier molecular flexibility index (Phi) is 39.7. The summed E-state index contributed by atoms with van der Waals surface area (Å²) in [5.41, 5.74) is 5.33. The van der Waals surface area contributed by atoms with Gasteiger partial charge in [-0.1, -0.05) is 71.1 Å². The summed E-state index contributed by atoms with van der Waals surface area (Å²) in [6.07, 6.45) is -0.0534. The van der Waals surface area contributed by atoms with Gasteiger partial charge in [0.15, 0.2) is 28.8 Å². The van der Waals surface area contributed by atoms with Crippen LogP contribution in [0.3, 0.4) is 0 Å². The molecule has 4 aromatic rings. The van der Waals surface area contributed by atoms with E-state index in [-0.39, 0.29) is 129 Å². The Bertz CT molecular complexity index is 2190. The van der Waals surface area contributed by atoms with Gasteiger partial charge in [-0.3, -0.25) is 43.2 Å². The van der Waals surface area contributed by atoms with Gasteiger partial charge in [-0.15, -0.1) is 24.0 Å². The number of rotatable bonds is 13. The summed E-state index contributed by atoms with van der Waals surface area (Å²) in [4.78, 5) is 99.1. The molecule has 0 heterocycles. The van der Waals surface area contributed by atoms with Crippen molar-refractivity contribution in [1.82, 2.24) is 0 Å². The van der Waals surface area contributed by atoms with E-state index in [4.69, 9.17) is 5.11 Å². The SMILES string of the molecule is CC(=O)CC(=O)C=C(O)c1ccccc1O.CC(=O)CC(=O)CC(=O)c1ccccc1O.CC(=O)CC(=O)c1ccccc1O.CC(=O)Cl.CC(=O)c1ccccc1O.CI.I.[B]I. The maximum absolute atomic E-state index is 11.6. The summed E-state index contributed by atoms with van der Waals surface area (Å²) in [5, 5.41) is 46.3. The highest BCUT2D eigenvalue weighted by Gasteiger charge is 2.16. The number of aliphatic hydroxyl groups excluding tert-OH is 1. The summed E-state index contributed by atoms with van der Waals surface area (Å²) in [7, 11) is 0. The number of halogens is 4. The molecule has 0 saturated heterocycles. The lowest BCUT2D eigenvalue weighted by Gasteiger charge is -2.02. The summed E-state index contributed by atoms with van der Waals surface area (Å²) >= 11 is 8.44. The Morgan fingerprint density at radius 3 is 1.06 bits per heavy atom. The molecule has 0 atom stereocenters. The molecular weight excluding hydrogens is 1190 g/mol. The first-order chi connectivity index (χ1) is 29.6. The third-order valence-corrected chi connectivity index (χ3v) is 6.81. The molecule has 0 bridgehead atoms. The first kappa shape index (κ1) is 65.8. The molecule has 64 heavy (non-hydrogen) atoms. The zero-order valence-electron chi connectivity index (χ0n) is 35.7. The Morgan fingerprint density at radius 1 is 0.500 bits per heavy atom. The van der Waals surface area contributed by atoms with Crippen LogP contribution in [0.5, 0.6) is 23.0 Å². The molecule has 0 fully saturated rings. The lowest BCUT2D eigenvalue weighted by Crippen LogP contribution is -2.11. The third-order valence-electron chi connectivity index (χ3n) is 6.81. The molecule has 0 aliphatic heterocycles. The van der Waals surface area contributed by atoms with Crippen molar-refractivity contribution in [1.29, 1.82) is 0 Å². The maximum atomic E-state index is 11.6. The molecular formula is C45H49BClI3O14. The van der Waals surface area contributed by atoms with Crippen molar-refractivity contribution in [3.05, 3.63) is 125 Å². The van der Waals surface area contributed by atoms with Crippen LogP contribution >= 0.6 is 80.5 Å². The number of aromatic hydroxyl groups is 4. The fourth-order valence-electron chi connectivity index (χ4n) is 4.34. The van der Waals surface area contributed by atoms with Gasteiger partial charge in [0.05, 0.1) is 47.9 Å². The van der Waals surface area contributed by atoms with E-state index < -0.39 is 17.3 Å². The first-order valence-corrected chi connectivity index (χ1v) is 21.7. The number of ketones is 8. The quantitative estimate of drug-likeness (QED) is 0.0122. The molecule has 4 aromatic carbocycles. The highest BCUT2D eigenvalue weighted by molar-refractivity contribution is 14.1. The number of hydrogen-bond donors (Lipinski definition) is 5. The third kappa shape index (κ3) is 31.9. The van der Waals surface area contributed by atoms with Crippen LogP contribution < -0.4 is 0 Å². The van der Waals surface area contributed by atoms with Gasteiger partial charge in [0.2, 0.25) is 5.24 Å². The summed E-state index contributed by atoms with van der Waals surface area (Å²) in [6.45, 7) is 6.65. The Labute approximate surface area is 422 Å². The molecule has 14 nitrogen and oxygen atoms in total. The van der Waals surface area contributed by atoms with Crippen LogP contribution in [0.15, 0.2) is 103 Å². The molecule has 19 heteroatoms. The van der Waals surface area contributed by atoms with Crippen LogP contribution in [0.1, 0.15) is 96.9 Å². The number of phenolic OH excluding ortho intramolecular Hbond substituents is 4. The fraction of sp³-hybridized carbons (Fsp3) is 0.222. The van der Waals surface area contributed by atoms with E-state index in [0.717, 1.165) is 6.08 Å². The van der Waals surface area contributed by atoms with Gasteiger partial charge >= 0.3 is 0 Å². The van der Waals surface area contributed by atoms with Crippen molar-refractivity contribution in [3.63, 3.8) is 0 Å². The Hall–Kier alpha value is -4.81. The number of benzene rings is 4. The molecule has 5 N–H and O–H groups in total. The summed E-state index contributed by atoms with van der Waals surface area (Å²) in [6, 6.07) is 24.8. The van der Waals surface area contributed by atoms with E-state index in [9.17, 15) is 63.6 Å². The topological polar surface area (TPSA) is 255 Å². The molecule has 344 valence electrons. The van der Waals surface area contributed by atoms with Crippen LogP contribution in [0.25, 0.3) is 5.76 Å². The first-order valence-electron chi connectivity index (χ1n) is 18.0. The van der Waals surface area contributed by atoms with Crippen LogP contribution in [0.2, 0.25) is 0 Å². The van der Waals surface area contributed by atoms with Gasteiger partial charge in [-0.2, -0.15) is 22.4 Å². The van der Waals surface area contributed by atoms with E-state index in [1.165, 1.54) is 77.1 Å². The fourth-order valence-corrected chi connectivity index (χ4v) is 4.34. The van der Waals surface area contributed by atoms with Crippen LogP contribution in [0.4, 0.5) is 0 Å². The number of phenols is 4. The number of Topliss-reactive ketones (excluding diaryl/α,β-unsaturated/α-hetero) is 7. The minimum absolute atomic E-state index is 0. The van der Waals surface area contributed by atoms with Crippen molar-refractivity contribution in [2.45, 2.75) is 60.3 Å². The molecule has 0 aromatic heterocycles. The van der Waals surface area contributed by atoms with Crippen molar-refractivity contribution in [2.24, 2.45) is 0 Å². The molecule has 0 saturated carbocycles. The number of carbonyl (C=O) groups excluding carboxylic acids is 9. The number of hydrogen-bond acceptors (Lipinski definition) is 14. The normalized spacial score (nSPS) is 9.23. The molecule has 4 rings (SSSR count). The van der Waals surface area contributed by atoms with Gasteiger partial charge in [-0.05, 0) is 92.8 Å². The van der Waals surface area contributed by atoms with Crippen molar-refractivity contribution in [2.75, 3.05) is 4.93 Å². The minimum Gasteiger partial charge on any atom is -0.507 e. The van der Waals surface area contributed by atoms with E-state index in [1.807, 2.05) is 4.93 Å². The number of carbonyl (C=O) groups is 9. The summed E-state index contributed by atoms with van der Waals surface area (Å²) < 4.78 is 0. The van der Waals surface area contributed by atoms with Crippen LogP contribution in [-0.4, -0.2) is 87.7 Å². The number of alkyl halides is 1. The average molecular weight is 1240 g/mol. The van der Waals surface area contributed by atoms with E-state index in [0.29, 0.717) is 5.56 Å². The Balaban J connectivity index is -0.000000357. The zero-order valence-corrected chi connectivity index (χ0v) is 43.1. The highest BCUT2D eigenvalue weighted by Crippen LogP contribution is 2.23. The van der Waals surface area contributed by atoms with Gasteiger partial charge in [0, 0.05) is 13.0 Å². The van der Waals surface area contributed by atoms with Crippen molar-refractivity contribution in [3.8, 4) is 23.0 Å². The second-order valence-corrected chi connectivity index (χ2v) is 12.8. The lowest BCUT2D eigenvalue weighted by molar-refractivity contribution is -0.126. The van der Waals surface area contributed by atoms with Crippen molar-refractivity contribution < 1.29 is 68.7 Å². The molecule has 0 aliphatic carbocycles. The lowest BCUT2D eigenvalue weighted by atomic mass is 10.0. The number of para-hydroxylation sites is 4. The average Bonchev–Trinajstić information content (AvgIpc) is 3.19. The van der Waals surface area contributed by atoms with Gasteiger partial charge in [-0.25, -0.2) is 0 Å². The molecule has 0 spiro atoms. The minimum atomic E-state index is -0.492. The van der Waals surface area contributed by atoms with E-state index in [2.05, 4.69) is 39.9 Å². The number of aliphatic hydroxyl groups is 1. The summed E-state index contributed by atoms with van der Waals surface area (Å²) in [5.74, 6) is -3.22. The van der Waals surface area contributed by atoms with Crippen LogP contribution in [0, 0.1) is 0 Å². The zero-order chi connectivity index (χ0) is 49.2. The molecule has 0 amide bonds. The highest BCUT2D eigenvalue weighted by atomic mass is 127. The van der Waals surface area contributed by atoms with E-state index >= 15 is 0 Å². The molecule has 0 unspecified atom stereocenters. The predicted molar refractivity (Wildman–Crippen MR) is 274 cm³/mol. The monoisotopic (exact) mass is 1240 g/mol. The standard InChI is InChI=1S/2C12H12O4.C10H10O3.C8H8O2.C2H3ClO.CH3I.BI.HI/c2*1-8(13)6-9(14)7-12(16)10-4-2-3-5-11(10)15;1-7(11)6-10(13)8-4-2-3-5-9(8)12;1-6(9)7-4-2-3-5-8(7)10;1-2(3)4;2*1-2;/h2-5,15H,6-7H2,1H3;2-5,7,15-16H,6H2,1H3;2-5,12H,6H2,1H3;2-5,10H,1H3;1H3;1H3;;1H. The smallest absolute Gasteiger partial charge is 0.218 e. The van der Waals surface area contributed by atoms with Gasteiger partial charge in [0.25, 0.3) is 0 Å². The number of allylic oxidation sites excluding steroid dienone is 1. The molecule has 2 radical (unpaired) electrons. The Morgan fingerprint density at radius 2 is 0.781 bits per heavy atom. The maximum Gasteiger partial charge on any atom is 0.218 e. The molecule has 0 aliphatic rings. The van der Waals surface area contributed by atoms with E-state index in [1.54, 1.807) is 77.0 Å².